The van der Waals surface area contributed by atoms with E-state index in [-0.39, 0.29) is 62.4 Å². The normalized spacial score (nSPS) is 51.1. The molecule has 0 heterocycles. The summed E-state index contributed by atoms with van der Waals surface area (Å²) in [5.41, 5.74) is 0.421. The molecule has 0 bridgehead atoms. The van der Waals surface area contributed by atoms with Crippen LogP contribution in [0.4, 0.5) is 0 Å². The molecule has 0 aromatic carbocycles. The molecule has 6 heteroatoms. The Morgan fingerprint density at radius 2 is 1.19 bits per heavy atom. The molecule has 0 radical (unpaired) electrons. The van der Waals surface area contributed by atoms with Crippen LogP contribution in [-0.4, -0.2) is 36.2 Å². The molecule has 42 heavy (non-hydrogen) atoms. The van der Waals surface area contributed by atoms with Crippen LogP contribution in [0.2, 0.25) is 0 Å². The second-order valence-electron chi connectivity index (χ2n) is 17.5. The fraction of sp³-hybridized carbons (Fsp3) is 0.917. The van der Waals surface area contributed by atoms with Crippen molar-refractivity contribution < 1.29 is 28.6 Å². The van der Waals surface area contributed by atoms with Gasteiger partial charge in [0.2, 0.25) is 0 Å². The first kappa shape index (κ1) is 31.8. The lowest BCUT2D eigenvalue weighted by molar-refractivity contribution is -0.292. The van der Waals surface area contributed by atoms with Crippen molar-refractivity contribution >= 4 is 17.9 Å². The fourth-order valence-electron chi connectivity index (χ4n) is 12.4. The quantitative estimate of drug-likeness (QED) is 0.247. The molecule has 0 amide bonds. The lowest BCUT2D eigenvalue weighted by Gasteiger charge is -2.75. The Hall–Kier alpha value is -1.59. The maximum Gasteiger partial charge on any atom is 0.303 e. The van der Waals surface area contributed by atoms with Crippen molar-refractivity contribution in [3.8, 4) is 0 Å². The van der Waals surface area contributed by atoms with E-state index < -0.39 is 12.2 Å². The van der Waals surface area contributed by atoms with Crippen LogP contribution < -0.4 is 0 Å². The molecule has 6 nitrogen and oxygen atoms in total. The number of esters is 3. The highest BCUT2D eigenvalue weighted by atomic mass is 16.6. The van der Waals surface area contributed by atoms with Crippen molar-refractivity contribution in [2.45, 2.75) is 152 Å². The summed E-state index contributed by atoms with van der Waals surface area (Å²) in [6.45, 7) is 24.1. The summed E-state index contributed by atoms with van der Waals surface area (Å²) in [4.78, 5) is 37.0. The lowest BCUT2D eigenvalue weighted by atomic mass is 9.29. The predicted octanol–water partition coefficient (Wildman–Crippen LogP) is 7.90. The van der Waals surface area contributed by atoms with Crippen molar-refractivity contribution in [2.75, 3.05) is 0 Å². The molecule has 5 rings (SSSR count). The summed E-state index contributed by atoms with van der Waals surface area (Å²) in [7, 11) is 0. The van der Waals surface area contributed by atoms with Gasteiger partial charge in [-0.15, -0.1) is 0 Å². The summed E-state index contributed by atoms with van der Waals surface area (Å²) in [5.74, 6) is 0.569. The van der Waals surface area contributed by atoms with Gasteiger partial charge in [-0.1, -0.05) is 55.4 Å². The third-order valence-corrected chi connectivity index (χ3v) is 14.9. The van der Waals surface area contributed by atoms with Crippen molar-refractivity contribution in [1.29, 1.82) is 0 Å². The van der Waals surface area contributed by atoms with E-state index in [1.807, 2.05) is 0 Å². The summed E-state index contributed by atoms with van der Waals surface area (Å²) >= 11 is 0. The SMILES string of the molecule is CC(=O)O[C@H]1[C@H](OC(C)=O)C[C@H]2[C@](C)(CC[C@H]3[C@@]2(C)CC[C@@]2(C)[C@H]4CC(C)(C)CC[C@]4(C)[C@@H](OC(C)=O)C[C@]32C)[C@H]1C. The fourth-order valence-corrected chi connectivity index (χ4v) is 12.4. The molecule has 12 atom stereocenters. The third kappa shape index (κ3) is 4.49. The van der Waals surface area contributed by atoms with Crippen LogP contribution in [0.1, 0.15) is 134 Å². The standard InChI is InChI=1S/C36H58O6/c1-21-30(42-24(4)39)25(40-22(2)37)18-27-32(21,7)13-12-26-33(27,8)16-17-35(10)28-19-31(5,6)14-15-34(28,9)29(41-23(3)38)20-36(26,35)11/h21,25-30H,12-20H2,1-11H3/t21-,25+,26-,27-,28-,29-,30+,32+,33+,34-,35-,36+/m0/s1. The zero-order valence-electron chi connectivity index (χ0n) is 28.4. The first-order valence-corrected chi connectivity index (χ1v) is 16.8. The number of rotatable bonds is 3. The van der Waals surface area contributed by atoms with E-state index in [1.165, 1.54) is 26.7 Å². The first-order valence-electron chi connectivity index (χ1n) is 16.8. The maximum absolute atomic E-state index is 12.5. The van der Waals surface area contributed by atoms with Gasteiger partial charge in [-0.2, -0.15) is 0 Å². The van der Waals surface area contributed by atoms with Crippen LogP contribution in [0.25, 0.3) is 0 Å². The summed E-state index contributed by atoms with van der Waals surface area (Å²) in [6.07, 6.45) is 8.64. The summed E-state index contributed by atoms with van der Waals surface area (Å²) in [6, 6.07) is 0. The molecular formula is C36H58O6. The van der Waals surface area contributed by atoms with Crippen molar-refractivity contribution in [3.05, 3.63) is 0 Å². The van der Waals surface area contributed by atoms with Gasteiger partial charge in [-0.3, -0.25) is 14.4 Å². The second-order valence-corrected chi connectivity index (χ2v) is 17.5. The molecule has 5 fully saturated rings. The monoisotopic (exact) mass is 586 g/mol. The number of fused-ring (bicyclic) bond motifs is 7. The third-order valence-electron chi connectivity index (χ3n) is 14.9. The van der Waals surface area contributed by atoms with Gasteiger partial charge in [-0.25, -0.2) is 0 Å². The van der Waals surface area contributed by atoms with E-state index in [9.17, 15) is 14.4 Å². The van der Waals surface area contributed by atoms with Gasteiger partial charge in [0.25, 0.3) is 0 Å². The molecule has 0 spiro atoms. The molecule has 0 unspecified atom stereocenters. The molecule has 0 aliphatic heterocycles. The Morgan fingerprint density at radius 1 is 0.595 bits per heavy atom. The van der Waals surface area contributed by atoms with Crippen molar-refractivity contribution in [1.82, 2.24) is 0 Å². The van der Waals surface area contributed by atoms with Gasteiger partial charge in [0, 0.05) is 32.1 Å². The molecule has 238 valence electrons. The Morgan fingerprint density at radius 3 is 1.79 bits per heavy atom. The molecule has 5 saturated carbocycles. The topological polar surface area (TPSA) is 78.9 Å². The van der Waals surface area contributed by atoms with Gasteiger partial charge < -0.3 is 14.2 Å². The van der Waals surface area contributed by atoms with E-state index in [4.69, 9.17) is 14.2 Å². The minimum atomic E-state index is -0.432. The van der Waals surface area contributed by atoms with E-state index in [2.05, 4.69) is 55.4 Å². The lowest BCUT2D eigenvalue weighted by Crippen LogP contribution is -2.71. The molecule has 0 aromatic heterocycles. The zero-order chi connectivity index (χ0) is 31.3. The average molecular weight is 587 g/mol. The molecule has 0 saturated heterocycles. The van der Waals surface area contributed by atoms with Crippen LogP contribution in [0.5, 0.6) is 0 Å². The first-order chi connectivity index (χ1) is 19.2. The number of ether oxygens (including phenoxy) is 3. The highest BCUT2D eigenvalue weighted by Crippen LogP contribution is 2.78. The van der Waals surface area contributed by atoms with E-state index >= 15 is 0 Å². The van der Waals surface area contributed by atoms with E-state index in [0.717, 1.165) is 44.9 Å². The van der Waals surface area contributed by atoms with Gasteiger partial charge in [0.1, 0.15) is 18.3 Å². The predicted molar refractivity (Wildman–Crippen MR) is 162 cm³/mol. The van der Waals surface area contributed by atoms with Crippen LogP contribution >= 0.6 is 0 Å². The minimum Gasteiger partial charge on any atom is -0.462 e. The Kier molecular flexibility index (Phi) is 7.55. The number of hydrogen-bond acceptors (Lipinski definition) is 6. The Labute approximate surface area is 254 Å². The summed E-state index contributed by atoms with van der Waals surface area (Å²) < 4.78 is 18.2. The highest BCUT2D eigenvalue weighted by molar-refractivity contribution is 5.67. The van der Waals surface area contributed by atoms with Gasteiger partial charge in [-0.05, 0) is 103 Å². The van der Waals surface area contributed by atoms with Crippen LogP contribution in [0.15, 0.2) is 0 Å². The molecular weight excluding hydrogens is 528 g/mol. The van der Waals surface area contributed by atoms with Crippen molar-refractivity contribution in [2.24, 2.45) is 56.2 Å². The second kappa shape index (κ2) is 9.96. The van der Waals surface area contributed by atoms with Gasteiger partial charge in [0.05, 0.1) is 0 Å². The number of hydrogen-bond donors (Lipinski definition) is 0. The van der Waals surface area contributed by atoms with Crippen LogP contribution in [0.3, 0.4) is 0 Å². The van der Waals surface area contributed by atoms with Gasteiger partial charge in [0.15, 0.2) is 0 Å². The van der Waals surface area contributed by atoms with Crippen LogP contribution in [0, 0.1) is 56.2 Å². The van der Waals surface area contributed by atoms with E-state index in [0.29, 0.717) is 17.8 Å². The largest absolute Gasteiger partial charge is 0.462 e. The smallest absolute Gasteiger partial charge is 0.303 e. The molecule has 0 aromatic rings. The Balaban J connectivity index is 1.58. The van der Waals surface area contributed by atoms with E-state index in [1.54, 1.807) is 6.92 Å². The molecule has 5 aliphatic carbocycles. The average Bonchev–Trinajstić information content (AvgIpc) is 2.85. The van der Waals surface area contributed by atoms with Gasteiger partial charge >= 0.3 is 17.9 Å². The molecule has 5 aliphatic rings. The van der Waals surface area contributed by atoms with Crippen LogP contribution in [-0.2, 0) is 28.6 Å². The minimum absolute atomic E-state index is 0.00590. The Bertz CT molecular complexity index is 1130. The maximum atomic E-state index is 12.5. The number of carbonyl (C=O) groups is 3. The molecule has 0 N–H and O–H groups in total. The van der Waals surface area contributed by atoms with Crippen molar-refractivity contribution in [3.63, 3.8) is 0 Å². The zero-order valence-corrected chi connectivity index (χ0v) is 28.4. The number of carbonyl (C=O) groups excluding carboxylic acids is 3. The highest BCUT2D eigenvalue weighted by Gasteiger charge is 2.73. The summed E-state index contributed by atoms with van der Waals surface area (Å²) in [5, 5.41) is 0.